The van der Waals surface area contributed by atoms with Gasteiger partial charge < -0.3 is 40.2 Å². The van der Waals surface area contributed by atoms with Crippen LogP contribution in [-0.4, -0.2) is 112 Å². The second-order valence-corrected chi connectivity index (χ2v) is 13.4. The monoisotopic (exact) mass is 658 g/mol. The fraction of sp³-hybridized carbons (Fsp3) is 0.588. The summed E-state index contributed by atoms with van der Waals surface area (Å²) >= 11 is 6.57. The van der Waals surface area contributed by atoms with E-state index < -0.39 is 36.6 Å². The number of aryl methyl sites for hydroxylation is 1. The van der Waals surface area contributed by atoms with Gasteiger partial charge in [-0.2, -0.15) is 0 Å². The normalized spacial score (nSPS) is 19.6. The van der Waals surface area contributed by atoms with Crippen molar-refractivity contribution in [3.63, 3.8) is 0 Å². The lowest BCUT2D eigenvalue weighted by molar-refractivity contribution is -0.138. The van der Waals surface area contributed by atoms with Gasteiger partial charge in [-0.1, -0.05) is 35.9 Å². The first-order chi connectivity index (χ1) is 22.0. The summed E-state index contributed by atoms with van der Waals surface area (Å²) in [5.74, 6) is -0.0984. The molecule has 2 saturated carbocycles. The number of halogens is 1. The Morgan fingerprint density at radius 1 is 1.00 bits per heavy atom. The third kappa shape index (κ3) is 8.02. The van der Waals surface area contributed by atoms with Gasteiger partial charge in [0, 0.05) is 50.7 Å². The van der Waals surface area contributed by atoms with E-state index in [0.29, 0.717) is 30.6 Å². The van der Waals surface area contributed by atoms with E-state index in [1.54, 1.807) is 0 Å². The topological polar surface area (TPSA) is 157 Å². The van der Waals surface area contributed by atoms with Crippen LogP contribution in [0.4, 0.5) is 11.4 Å². The number of hydrogen-bond acceptors (Lipinski definition) is 9. The molecular formula is C34H47ClN4O7. The molecule has 1 heterocycles. The predicted molar refractivity (Wildman–Crippen MR) is 176 cm³/mol. The Kier molecular flexibility index (Phi) is 11.3. The number of nitrogens with zero attached hydrogens (tertiary/aromatic N) is 3. The van der Waals surface area contributed by atoms with Crippen LogP contribution in [0, 0.1) is 0 Å². The summed E-state index contributed by atoms with van der Waals surface area (Å²) in [6.45, 7) is 1.02. The molecule has 2 aromatic rings. The molecule has 0 bridgehead atoms. The zero-order chi connectivity index (χ0) is 33.0. The van der Waals surface area contributed by atoms with Gasteiger partial charge >= 0.3 is 0 Å². The Hall–Kier alpha value is -2.77. The fourth-order valence-corrected chi connectivity index (χ4v) is 6.43. The largest absolute Gasteiger partial charge is 0.394 e. The number of benzene rings is 2. The van der Waals surface area contributed by atoms with Gasteiger partial charge in [0.25, 0.3) is 0 Å². The molecule has 0 spiro atoms. The van der Waals surface area contributed by atoms with Crippen LogP contribution in [0.15, 0.2) is 42.5 Å². The van der Waals surface area contributed by atoms with Crippen LogP contribution in [0.1, 0.15) is 56.1 Å². The van der Waals surface area contributed by atoms with Crippen molar-refractivity contribution in [2.45, 2.75) is 93.9 Å². The molecule has 1 aliphatic heterocycles. The zero-order valence-electron chi connectivity index (χ0n) is 26.4. The summed E-state index contributed by atoms with van der Waals surface area (Å²) < 4.78 is 0. The molecule has 0 saturated heterocycles. The van der Waals surface area contributed by atoms with E-state index >= 15 is 0 Å². The number of carbonyl (C=O) groups excluding carboxylic acids is 2. The van der Waals surface area contributed by atoms with E-state index in [2.05, 4.69) is 28.4 Å². The number of anilines is 2. The molecule has 11 nitrogen and oxygen atoms in total. The highest BCUT2D eigenvalue weighted by molar-refractivity contribution is 6.31. The van der Waals surface area contributed by atoms with Gasteiger partial charge in [-0.15, -0.1) is 0 Å². The maximum absolute atomic E-state index is 13.9. The molecule has 2 aromatic carbocycles. The minimum atomic E-state index is -1.73. The van der Waals surface area contributed by atoms with Crippen LogP contribution in [0.5, 0.6) is 0 Å². The second kappa shape index (κ2) is 15.0. The van der Waals surface area contributed by atoms with Gasteiger partial charge in [-0.3, -0.25) is 14.9 Å². The lowest BCUT2D eigenvalue weighted by atomic mass is 10.0. The first kappa shape index (κ1) is 34.6. The van der Waals surface area contributed by atoms with Crippen molar-refractivity contribution < 1.29 is 35.1 Å². The third-order valence-electron chi connectivity index (χ3n) is 9.48. The smallest absolute Gasteiger partial charge is 0.247 e. The summed E-state index contributed by atoms with van der Waals surface area (Å²) in [4.78, 5) is 32.1. The molecule has 252 valence electrons. The number of fused-ring (bicyclic) bond motifs is 1. The number of aliphatic hydroxyl groups is 5. The molecule has 4 atom stereocenters. The molecule has 5 rings (SSSR count). The van der Waals surface area contributed by atoms with Crippen LogP contribution in [0.25, 0.3) is 0 Å². The minimum absolute atomic E-state index is 0.123. The number of amides is 2. The first-order valence-electron chi connectivity index (χ1n) is 16.3. The van der Waals surface area contributed by atoms with Crippen molar-refractivity contribution >= 4 is 34.8 Å². The summed E-state index contributed by atoms with van der Waals surface area (Å²) in [6.07, 6.45) is -0.179. The zero-order valence-corrected chi connectivity index (χ0v) is 27.1. The third-order valence-corrected chi connectivity index (χ3v) is 9.85. The number of likely N-dealkylation sites (N-methyl/N-ethyl adjacent to an activating group) is 1. The molecule has 2 amide bonds. The average Bonchev–Trinajstić information content (AvgIpc) is 4.00. The van der Waals surface area contributed by atoms with Crippen molar-refractivity contribution in [1.29, 1.82) is 0 Å². The van der Waals surface area contributed by atoms with E-state index in [9.17, 15) is 30.0 Å². The number of nitrogens with one attached hydrogen (secondary N) is 1. The Morgan fingerprint density at radius 3 is 2.37 bits per heavy atom. The van der Waals surface area contributed by atoms with Gasteiger partial charge in [0.1, 0.15) is 24.4 Å². The lowest BCUT2D eigenvalue weighted by Crippen LogP contribution is -2.53. The molecule has 2 fully saturated rings. The molecule has 0 aromatic heterocycles. The molecule has 46 heavy (non-hydrogen) atoms. The number of para-hydroxylation sites is 2. The second-order valence-electron chi connectivity index (χ2n) is 13.0. The van der Waals surface area contributed by atoms with E-state index in [4.69, 9.17) is 16.7 Å². The highest BCUT2D eigenvalue weighted by atomic mass is 35.5. The standard InChI is InChI=1S/C34H47ClN4O7/c1-37(20-28(41)31(44)32(45)29(42)21-40)30(43)9-5-2-6-22-10-13-25(35)23(18-22)19-36-34(14-15-34)33(46)39-17-16-38(24-11-12-24)26-7-3-4-8-27(26)39/h3-4,7-8,10,13,18,24,28-29,31-32,36,40-42,44-45H,2,5-6,9,11-12,14-17,19-21H2,1H3/t28-,29+,31+,32+/m0/s1. The van der Waals surface area contributed by atoms with E-state index in [-0.39, 0.29) is 24.8 Å². The van der Waals surface area contributed by atoms with Crippen LogP contribution in [0.2, 0.25) is 5.02 Å². The molecular weight excluding hydrogens is 612 g/mol. The number of aliphatic hydroxyl groups excluding tert-OH is 5. The SMILES string of the molecule is CN(C[C@H](O)[C@@H](O)[C@H](O)[C@H](O)CO)C(=O)CCCCc1ccc(Cl)c(CNC2(C(=O)N3CCN(C4CC4)c4ccccc43)CC2)c1. The highest BCUT2D eigenvalue weighted by Crippen LogP contribution is 2.44. The van der Waals surface area contributed by atoms with Crippen molar-refractivity contribution in [3.05, 3.63) is 58.6 Å². The van der Waals surface area contributed by atoms with Crippen molar-refractivity contribution in [1.82, 2.24) is 10.2 Å². The van der Waals surface area contributed by atoms with Crippen molar-refractivity contribution in [3.8, 4) is 0 Å². The summed E-state index contributed by atoms with van der Waals surface area (Å²) in [7, 11) is 1.50. The predicted octanol–water partition coefficient (Wildman–Crippen LogP) is 1.58. The lowest BCUT2D eigenvalue weighted by Gasteiger charge is -2.39. The summed E-state index contributed by atoms with van der Waals surface area (Å²) in [5.41, 5.74) is 3.57. The van der Waals surface area contributed by atoms with Crippen LogP contribution in [0.3, 0.4) is 0 Å². The number of carbonyl (C=O) groups is 2. The minimum Gasteiger partial charge on any atom is -0.394 e. The summed E-state index contributed by atoms with van der Waals surface area (Å²) in [5, 5.41) is 52.5. The van der Waals surface area contributed by atoms with E-state index in [1.807, 2.05) is 29.2 Å². The van der Waals surface area contributed by atoms with Crippen LogP contribution < -0.4 is 15.1 Å². The molecule has 2 aliphatic carbocycles. The first-order valence-corrected chi connectivity index (χ1v) is 16.7. The Labute approximate surface area is 275 Å². The number of unbranched alkanes of at least 4 members (excludes halogenated alkanes) is 1. The van der Waals surface area contributed by atoms with Crippen molar-refractivity contribution in [2.24, 2.45) is 0 Å². The quantitative estimate of drug-likeness (QED) is 0.147. The number of rotatable bonds is 16. The number of hydrogen-bond donors (Lipinski definition) is 6. The van der Waals surface area contributed by atoms with Gasteiger partial charge in [-0.25, -0.2) is 0 Å². The maximum Gasteiger partial charge on any atom is 0.247 e. The molecule has 12 heteroatoms. The van der Waals surface area contributed by atoms with E-state index in [1.165, 1.54) is 24.8 Å². The Bertz CT molecular complexity index is 1370. The fourth-order valence-electron chi connectivity index (χ4n) is 6.24. The van der Waals surface area contributed by atoms with Gasteiger partial charge in [0.15, 0.2) is 0 Å². The van der Waals surface area contributed by atoms with Crippen molar-refractivity contribution in [2.75, 3.05) is 43.1 Å². The van der Waals surface area contributed by atoms with Gasteiger partial charge in [0.05, 0.1) is 23.5 Å². The molecule has 6 N–H and O–H groups in total. The molecule has 0 radical (unpaired) electrons. The molecule has 3 aliphatic rings. The van der Waals surface area contributed by atoms with Gasteiger partial charge in [-0.05, 0) is 74.3 Å². The maximum atomic E-state index is 13.9. The average molecular weight is 659 g/mol. The molecule has 0 unspecified atom stereocenters. The summed E-state index contributed by atoms with van der Waals surface area (Å²) in [6, 6.07) is 14.7. The van der Waals surface area contributed by atoms with Crippen LogP contribution >= 0.6 is 11.6 Å². The van der Waals surface area contributed by atoms with E-state index in [0.717, 1.165) is 54.7 Å². The Balaban J connectivity index is 1.09. The van der Waals surface area contributed by atoms with Gasteiger partial charge in [0.2, 0.25) is 11.8 Å². The Morgan fingerprint density at radius 2 is 1.70 bits per heavy atom. The van der Waals surface area contributed by atoms with Crippen LogP contribution in [-0.2, 0) is 22.6 Å². The highest BCUT2D eigenvalue weighted by Gasteiger charge is 2.52.